The zero-order valence-electron chi connectivity index (χ0n) is 17.7. The van der Waals surface area contributed by atoms with Crippen LogP contribution in [0.3, 0.4) is 0 Å². The van der Waals surface area contributed by atoms with Crippen LogP contribution in [0.5, 0.6) is 11.5 Å². The summed E-state index contributed by atoms with van der Waals surface area (Å²) in [4.78, 5) is 14.4. The Hall–Kier alpha value is -2.54. The standard InChI is InChI=1S/C21H31N3O4/c1-7-24(13-15-9-10-16(27-8-2)17(11-15)26-6)14-19(25)22-20-12-18(23-28-20)21(3,4)5/h9-12H,7-8,13-14H2,1-6H3,(H,22,25). The van der Waals surface area contributed by atoms with Gasteiger partial charge < -0.3 is 14.0 Å². The molecule has 0 spiro atoms. The third kappa shape index (κ3) is 5.99. The monoisotopic (exact) mass is 389 g/mol. The number of anilines is 1. The number of carbonyl (C=O) groups excluding carboxylic acids is 1. The molecule has 0 aliphatic rings. The van der Waals surface area contributed by atoms with Gasteiger partial charge in [0.2, 0.25) is 11.8 Å². The average molecular weight is 389 g/mol. The molecule has 0 saturated heterocycles. The van der Waals surface area contributed by atoms with Gasteiger partial charge in [0.05, 0.1) is 26.0 Å². The van der Waals surface area contributed by atoms with E-state index in [4.69, 9.17) is 14.0 Å². The van der Waals surface area contributed by atoms with Crippen molar-refractivity contribution in [3.63, 3.8) is 0 Å². The molecule has 0 fully saturated rings. The molecular weight excluding hydrogens is 358 g/mol. The van der Waals surface area contributed by atoms with Gasteiger partial charge in [0, 0.05) is 18.0 Å². The second kappa shape index (κ2) is 9.59. The topological polar surface area (TPSA) is 76.8 Å². The molecule has 0 bridgehead atoms. The quantitative estimate of drug-likeness (QED) is 0.702. The maximum Gasteiger partial charge on any atom is 0.240 e. The fourth-order valence-corrected chi connectivity index (χ4v) is 2.69. The molecule has 2 rings (SSSR count). The molecule has 1 N–H and O–H groups in total. The molecule has 0 radical (unpaired) electrons. The summed E-state index contributed by atoms with van der Waals surface area (Å²) in [5.74, 6) is 1.64. The highest BCUT2D eigenvalue weighted by Gasteiger charge is 2.20. The Morgan fingerprint density at radius 1 is 1.21 bits per heavy atom. The smallest absolute Gasteiger partial charge is 0.240 e. The summed E-state index contributed by atoms with van der Waals surface area (Å²) < 4.78 is 16.2. The highest BCUT2D eigenvalue weighted by atomic mass is 16.5. The minimum absolute atomic E-state index is 0.130. The number of nitrogens with one attached hydrogen (secondary N) is 1. The van der Waals surface area contributed by atoms with Crippen LogP contribution in [0.1, 0.15) is 45.9 Å². The predicted molar refractivity (Wildman–Crippen MR) is 109 cm³/mol. The second-order valence-electron chi connectivity index (χ2n) is 7.60. The van der Waals surface area contributed by atoms with Gasteiger partial charge in [0.15, 0.2) is 11.5 Å². The van der Waals surface area contributed by atoms with Crippen molar-refractivity contribution in [2.24, 2.45) is 0 Å². The van der Waals surface area contributed by atoms with Gasteiger partial charge in [-0.05, 0) is 31.2 Å². The van der Waals surface area contributed by atoms with E-state index in [-0.39, 0.29) is 17.9 Å². The van der Waals surface area contributed by atoms with Crippen LogP contribution in [0.2, 0.25) is 0 Å². The van der Waals surface area contributed by atoms with Gasteiger partial charge in [-0.3, -0.25) is 15.0 Å². The summed E-state index contributed by atoms with van der Waals surface area (Å²) in [6.07, 6.45) is 0. The zero-order chi connectivity index (χ0) is 20.7. The number of nitrogens with zero attached hydrogens (tertiary/aromatic N) is 2. The van der Waals surface area contributed by atoms with Gasteiger partial charge >= 0.3 is 0 Å². The first-order valence-electron chi connectivity index (χ1n) is 9.55. The molecule has 0 aliphatic carbocycles. The van der Waals surface area contributed by atoms with E-state index >= 15 is 0 Å². The van der Waals surface area contributed by atoms with Crippen molar-refractivity contribution < 1.29 is 18.8 Å². The number of ether oxygens (including phenoxy) is 2. The number of rotatable bonds is 9. The van der Waals surface area contributed by atoms with Crippen LogP contribution in [0.4, 0.5) is 5.88 Å². The van der Waals surface area contributed by atoms with Gasteiger partial charge in [-0.2, -0.15) is 0 Å². The number of carbonyl (C=O) groups is 1. The molecule has 7 heteroatoms. The molecule has 28 heavy (non-hydrogen) atoms. The first-order valence-corrected chi connectivity index (χ1v) is 9.55. The number of benzene rings is 1. The van der Waals surface area contributed by atoms with E-state index in [0.29, 0.717) is 24.8 Å². The molecule has 0 aliphatic heterocycles. The molecular formula is C21H31N3O4. The molecule has 1 heterocycles. The molecule has 2 aromatic rings. The van der Waals surface area contributed by atoms with E-state index in [1.807, 2.05) is 57.7 Å². The normalized spacial score (nSPS) is 11.5. The van der Waals surface area contributed by atoms with Crippen LogP contribution >= 0.6 is 0 Å². The first-order chi connectivity index (χ1) is 13.3. The summed E-state index contributed by atoms with van der Waals surface area (Å²) in [5, 5.41) is 6.80. The Kier molecular flexibility index (Phi) is 7.45. The highest BCUT2D eigenvalue weighted by molar-refractivity contribution is 5.91. The largest absolute Gasteiger partial charge is 0.493 e. The van der Waals surface area contributed by atoms with E-state index in [9.17, 15) is 4.79 Å². The molecule has 1 aromatic carbocycles. The summed E-state index contributed by atoms with van der Waals surface area (Å²) in [7, 11) is 1.62. The minimum atomic E-state index is -0.142. The van der Waals surface area contributed by atoms with Crippen molar-refractivity contribution in [1.82, 2.24) is 10.1 Å². The van der Waals surface area contributed by atoms with Gasteiger partial charge in [0.25, 0.3) is 0 Å². The number of hydrogen-bond acceptors (Lipinski definition) is 6. The lowest BCUT2D eigenvalue weighted by Crippen LogP contribution is -2.32. The molecule has 0 saturated carbocycles. The van der Waals surface area contributed by atoms with E-state index in [1.165, 1.54) is 0 Å². The lowest BCUT2D eigenvalue weighted by atomic mass is 9.92. The van der Waals surface area contributed by atoms with Crippen LogP contribution < -0.4 is 14.8 Å². The molecule has 154 valence electrons. The van der Waals surface area contributed by atoms with Crippen molar-refractivity contribution in [2.45, 2.75) is 46.6 Å². The molecule has 0 atom stereocenters. The Morgan fingerprint density at radius 3 is 2.54 bits per heavy atom. The number of hydrogen-bond donors (Lipinski definition) is 1. The van der Waals surface area contributed by atoms with Crippen LogP contribution in [0, 0.1) is 0 Å². The van der Waals surface area contributed by atoms with E-state index in [0.717, 1.165) is 23.6 Å². The maximum atomic E-state index is 12.4. The number of likely N-dealkylation sites (N-methyl/N-ethyl adjacent to an activating group) is 1. The molecule has 0 unspecified atom stereocenters. The summed E-state index contributed by atoms with van der Waals surface area (Å²) in [6.45, 7) is 12.3. The zero-order valence-corrected chi connectivity index (χ0v) is 17.7. The SMILES string of the molecule is CCOc1ccc(CN(CC)CC(=O)Nc2cc(C(C)(C)C)no2)cc1OC. The van der Waals surface area contributed by atoms with Gasteiger partial charge in [-0.1, -0.05) is 38.9 Å². The van der Waals surface area contributed by atoms with Crippen molar-refractivity contribution in [3.05, 3.63) is 35.5 Å². The second-order valence-corrected chi connectivity index (χ2v) is 7.60. The molecule has 1 amide bonds. The Morgan fingerprint density at radius 2 is 1.96 bits per heavy atom. The van der Waals surface area contributed by atoms with Crippen molar-refractivity contribution in [3.8, 4) is 11.5 Å². The third-order valence-electron chi connectivity index (χ3n) is 4.29. The van der Waals surface area contributed by atoms with E-state index in [2.05, 4.69) is 10.5 Å². The van der Waals surface area contributed by atoms with Gasteiger partial charge in [-0.25, -0.2) is 0 Å². The maximum absolute atomic E-state index is 12.4. The number of aromatic nitrogens is 1. The third-order valence-corrected chi connectivity index (χ3v) is 4.29. The number of amides is 1. The minimum Gasteiger partial charge on any atom is -0.493 e. The summed E-state index contributed by atoms with van der Waals surface area (Å²) in [6, 6.07) is 7.59. The molecule has 1 aromatic heterocycles. The van der Waals surface area contributed by atoms with Crippen LogP contribution in [-0.2, 0) is 16.8 Å². The lowest BCUT2D eigenvalue weighted by molar-refractivity contribution is -0.117. The fourth-order valence-electron chi connectivity index (χ4n) is 2.69. The van der Waals surface area contributed by atoms with Crippen LogP contribution in [0.15, 0.2) is 28.8 Å². The Labute approximate surface area is 167 Å². The highest BCUT2D eigenvalue weighted by Crippen LogP contribution is 2.28. The van der Waals surface area contributed by atoms with Gasteiger partial charge in [-0.15, -0.1) is 0 Å². The van der Waals surface area contributed by atoms with Crippen molar-refractivity contribution in [1.29, 1.82) is 0 Å². The van der Waals surface area contributed by atoms with Crippen molar-refractivity contribution >= 4 is 11.8 Å². The number of methoxy groups -OCH3 is 1. The van der Waals surface area contributed by atoms with Crippen molar-refractivity contribution in [2.75, 3.05) is 32.1 Å². The van der Waals surface area contributed by atoms with Gasteiger partial charge in [0.1, 0.15) is 0 Å². The Balaban J connectivity index is 1.98. The lowest BCUT2D eigenvalue weighted by Gasteiger charge is -2.20. The van der Waals surface area contributed by atoms with Crippen LogP contribution in [0.25, 0.3) is 0 Å². The van der Waals surface area contributed by atoms with E-state index < -0.39 is 0 Å². The molecule has 7 nitrogen and oxygen atoms in total. The fraction of sp³-hybridized carbons (Fsp3) is 0.524. The first kappa shape index (κ1) is 21.8. The summed E-state index contributed by atoms with van der Waals surface area (Å²) >= 11 is 0. The average Bonchev–Trinajstić information content (AvgIpc) is 3.11. The Bertz CT molecular complexity index is 780. The van der Waals surface area contributed by atoms with Crippen LogP contribution in [-0.4, -0.2) is 42.8 Å². The van der Waals surface area contributed by atoms with E-state index in [1.54, 1.807) is 13.2 Å². The predicted octanol–water partition coefficient (Wildman–Crippen LogP) is 3.84. The summed E-state index contributed by atoms with van der Waals surface area (Å²) in [5.41, 5.74) is 1.72.